The van der Waals surface area contributed by atoms with E-state index < -0.39 is 0 Å². The van der Waals surface area contributed by atoms with Gasteiger partial charge >= 0.3 is 0 Å². The third kappa shape index (κ3) is 3.09. The summed E-state index contributed by atoms with van der Waals surface area (Å²) in [4.78, 5) is 13.5. The average Bonchev–Trinajstić information content (AvgIpc) is 2.90. The van der Waals surface area contributed by atoms with Crippen LogP contribution in [0.1, 0.15) is 38.3 Å². The molecule has 1 N–H and O–H groups in total. The number of carbonyl (C=O) groups is 1. The minimum absolute atomic E-state index is 0.251. The highest BCUT2D eigenvalue weighted by atomic mass is 16.3. The molecule has 2 rings (SSSR count). The van der Waals surface area contributed by atoms with E-state index in [0.717, 1.165) is 25.1 Å². The predicted octanol–water partition coefficient (Wildman–Crippen LogP) is 1.94. The molecule has 2 heterocycles. The zero-order valence-corrected chi connectivity index (χ0v) is 10.5. The van der Waals surface area contributed by atoms with Crippen LogP contribution in [0.3, 0.4) is 0 Å². The van der Waals surface area contributed by atoms with Crippen molar-refractivity contribution in [2.75, 3.05) is 13.1 Å². The van der Waals surface area contributed by atoms with Crippen molar-refractivity contribution in [2.24, 2.45) is 0 Å². The van der Waals surface area contributed by atoms with Crippen LogP contribution >= 0.6 is 0 Å². The summed E-state index contributed by atoms with van der Waals surface area (Å²) in [5, 5.41) is 3.48. The van der Waals surface area contributed by atoms with E-state index in [1.807, 2.05) is 11.0 Å². The molecule has 94 valence electrons. The summed E-state index contributed by atoms with van der Waals surface area (Å²) in [5.41, 5.74) is 1.14. The zero-order valence-electron chi connectivity index (χ0n) is 10.5. The van der Waals surface area contributed by atoms with E-state index in [1.165, 1.54) is 0 Å². The third-order valence-corrected chi connectivity index (χ3v) is 3.24. The number of nitrogens with one attached hydrogen (secondary N) is 1. The number of nitrogens with zero attached hydrogens (tertiary/aromatic N) is 1. The minimum atomic E-state index is 0.251. The summed E-state index contributed by atoms with van der Waals surface area (Å²) in [7, 11) is 0. The molecule has 4 heteroatoms. The molecular formula is C13H20N2O2. The standard InChI is InChI=1S/C13H20N2O2/c1-10(8-15-6-3-4-13(15)16)14-11(2)12-5-7-17-9-12/h5,7,9-11,14H,3-4,6,8H2,1-2H3. The van der Waals surface area contributed by atoms with Crippen LogP contribution in [-0.2, 0) is 4.79 Å². The number of carbonyl (C=O) groups excluding carboxylic acids is 1. The zero-order chi connectivity index (χ0) is 12.3. The van der Waals surface area contributed by atoms with Crippen LogP contribution in [0.25, 0.3) is 0 Å². The van der Waals surface area contributed by atoms with Crippen LogP contribution in [0.2, 0.25) is 0 Å². The van der Waals surface area contributed by atoms with Gasteiger partial charge in [-0.1, -0.05) is 0 Å². The van der Waals surface area contributed by atoms with Crippen LogP contribution in [0.15, 0.2) is 23.0 Å². The Morgan fingerprint density at radius 3 is 2.94 bits per heavy atom. The van der Waals surface area contributed by atoms with E-state index in [0.29, 0.717) is 12.5 Å². The molecule has 1 aromatic heterocycles. The van der Waals surface area contributed by atoms with Gasteiger partial charge in [0.1, 0.15) is 0 Å². The molecule has 1 saturated heterocycles. The van der Waals surface area contributed by atoms with E-state index in [1.54, 1.807) is 12.5 Å². The van der Waals surface area contributed by atoms with Gasteiger partial charge in [0.15, 0.2) is 0 Å². The molecule has 1 fully saturated rings. The van der Waals surface area contributed by atoms with E-state index in [2.05, 4.69) is 19.2 Å². The van der Waals surface area contributed by atoms with Gasteiger partial charge in [-0.3, -0.25) is 4.79 Å². The van der Waals surface area contributed by atoms with Crippen molar-refractivity contribution in [1.82, 2.24) is 10.2 Å². The number of amides is 1. The first-order chi connectivity index (χ1) is 8.16. The summed E-state index contributed by atoms with van der Waals surface area (Å²) in [6, 6.07) is 2.51. The average molecular weight is 236 g/mol. The quantitative estimate of drug-likeness (QED) is 0.849. The van der Waals surface area contributed by atoms with Crippen molar-refractivity contribution < 1.29 is 9.21 Å². The van der Waals surface area contributed by atoms with E-state index in [-0.39, 0.29) is 11.9 Å². The molecule has 0 aromatic carbocycles. The second-order valence-electron chi connectivity index (χ2n) is 4.79. The maximum Gasteiger partial charge on any atom is 0.222 e. The van der Waals surface area contributed by atoms with Crippen LogP contribution in [0.4, 0.5) is 0 Å². The van der Waals surface area contributed by atoms with Crippen molar-refractivity contribution >= 4 is 5.91 Å². The lowest BCUT2D eigenvalue weighted by molar-refractivity contribution is -0.127. The molecule has 0 bridgehead atoms. The number of hydrogen-bond donors (Lipinski definition) is 1. The molecule has 1 amide bonds. The van der Waals surface area contributed by atoms with Gasteiger partial charge in [0.05, 0.1) is 12.5 Å². The lowest BCUT2D eigenvalue weighted by Crippen LogP contribution is -2.40. The Kier molecular flexibility index (Phi) is 3.84. The lowest BCUT2D eigenvalue weighted by Gasteiger charge is -2.24. The van der Waals surface area contributed by atoms with E-state index in [9.17, 15) is 4.79 Å². The van der Waals surface area contributed by atoms with Crippen molar-refractivity contribution in [3.8, 4) is 0 Å². The van der Waals surface area contributed by atoms with Gasteiger partial charge in [-0.15, -0.1) is 0 Å². The maximum absolute atomic E-state index is 11.5. The van der Waals surface area contributed by atoms with Gasteiger partial charge in [0.25, 0.3) is 0 Å². The molecule has 1 aliphatic rings. The van der Waals surface area contributed by atoms with Crippen molar-refractivity contribution in [3.05, 3.63) is 24.2 Å². The number of rotatable bonds is 5. The van der Waals surface area contributed by atoms with Gasteiger partial charge in [-0.05, 0) is 26.3 Å². The maximum atomic E-state index is 11.5. The third-order valence-electron chi connectivity index (χ3n) is 3.24. The van der Waals surface area contributed by atoms with E-state index in [4.69, 9.17) is 4.42 Å². The Labute approximate surface area is 102 Å². The predicted molar refractivity (Wildman–Crippen MR) is 65.5 cm³/mol. The first-order valence-electron chi connectivity index (χ1n) is 6.22. The first kappa shape index (κ1) is 12.2. The number of furan rings is 1. The first-order valence-corrected chi connectivity index (χ1v) is 6.22. The van der Waals surface area contributed by atoms with Crippen LogP contribution < -0.4 is 5.32 Å². The smallest absolute Gasteiger partial charge is 0.222 e. The lowest BCUT2D eigenvalue weighted by atomic mass is 10.1. The van der Waals surface area contributed by atoms with Gasteiger partial charge in [0, 0.05) is 37.2 Å². The molecule has 1 aliphatic heterocycles. The van der Waals surface area contributed by atoms with E-state index >= 15 is 0 Å². The van der Waals surface area contributed by atoms with Gasteiger partial charge in [0.2, 0.25) is 5.91 Å². The fraction of sp³-hybridized carbons (Fsp3) is 0.615. The van der Waals surface area contributed by atoms with Crippen LogP contribution in [0, 0.1) is 0 Å². The Hall–Kier alpha value is -1.29. The Morgan fingerprint density at radius 2 is 2.35 bits per heavy atom. The normalized spacial score (nSPS) is 19.6. The summed E-state index contributed by atoms with van der Waals surface area (Å²) < 4.78 is 5.06. The highest BCUT2D eigenvalue weighted by molar-refractivity contribution is 5.78. The molecule has 2 unspecified atom stereocenters. The van der Waals surface area contributed by atoms with Crippen LogP contribution in [-0.4, -0.2) is 29.9 Å². The highest BCUT2D eigenvalue weighted by Crippen LogP contribution is 2.14. The topological polar surface area (TPSA) is 45.5 Å². The Morgan fingerprint density at radius 1 is 1.53 bits per heavy atom. The molecule has 17 heavy (non-hydrogen) atoms. The largest absolute Gasteiger partial charge is 0.472 e. The van der Waals surface area contributed by atoms with Crippen LogP contribution in [0.5, 0.6) is 0 Å². The SMILES string of the molecule is CC(CN1CCCC1=O)NC(C)c1ccoc1. The molecular weight excluding hydrogens is 216 g/mol. The Balaban J connectivity index is 1.80. The highest BCUT2D eigenvalue weighted by Gasteiger charge is 2.22. The minimum Gasteiger partial charge on any atom is -0.472 e. The van der Waals surface area contributed by atoms with Gasteiger partial charge in [-0.25, -0.2) is 0 Å². The number of likely N-dealkylation sites (tertiary alicyclic amines) is 1. The summed E-state index contributed by atoms with van der Waals surface area (Å²) >= 11 is 0. The van der Waals surface area contributed by atoms with Crippen molar-refractivity contribution in [1.29, 1.82) is 0 Å². The van der Waals surface area contributed by atoms with Gasteiger partial charge in [-0.2, -0.15) is 0 Å². The van der Waals surface area contributed by atoms with Crippen molar-refractivity contribution in [3.63, 3.8) is 0 Å². The summed E-state index contributed by atoms with van der Waals surface area (Å²) in [6.45, 7) is 5.92. The monoisotopic (exact) mass is 236 g/mol. The molecule has 0 aliphatic carbocycles. The molecule has 0 saturated carbocycles. The van der Waals surface area contributed by atoms with Gasteiger partial charge < -0.3 is 14.6 Å². The summed E-state index contributed by atoms with van der Waals surface area (Å²) in [5.74, 6) is 0.287. The fourth-order valence-electron chi connectivity index (χ4n) is 2.32. The fourth-order valence-corrected chi connectivity index (χ4v) is 2.32. The molecule has 0 spiro atoms. The molecule has 4 nitrogen and oxygen atoms in total. The molecule has 2 atom stereocenters. The Bertz CT molecular complexity index is 362. The van der Waals surface area contributed by atoms with Crippen molar-refractivity contribution in [2.45, 2.75) is 38.8 Å². The number of hydrogen-bond acceptors (Lipinski definition) is 3. The second kappa shape index (κ2) is 5.36. The second-order valence-corrected chi connectivity index (χ2v) is 4.79. The molecule has 0 radical (unpaired) electrons. The summed E-state index contributed by atoms with van der Waals surface area (Å²) in [6.07, 6.45) is 5.15. The molecule has 1 aromatic rings.